The Hall–Kier alpha value is -2.97. The van der Waals surface area contributed by atoms with Crippen LogP contribution in [-0.4, -0.2) is 44.6 Å². The summed E-state index contributed by atoms with van der Waals surface area (Å²) >= 11 is 0. The van der Waals surface area contributed by atoms with Gasteiger partial charge in [0.2, 0.25) is 11.6 Å². The van der Waals surface area contributed by atoms with Gasteiger partial charge in [0, 0.05) is 38.9 Å². The van der Waals surface area contributed by atoms with Crippen molar-refractivity contribution in [1.29, 1.82) is 0 Å². The molecule has 0 aliphatic heterocycles. The van der Waals surface area contributed by atoms with E-state index in [1.807, 2.05) is 28.9 Å². The molecule has 0 spiro atoms. The number of carbonyl (C=O) groups is 1. The molecule has 32 heavy (non-hydrogen) atoms. The molecule has 3 aromatic rings. The summed E-state index contributed by atoms with van der Waals surface area (Å²) in [6.45, 7) is 4.78. The monoisotopic (exact) mass is 440 g/mol. The van der Waals surface area contributed by atoms with E-state index >= 15 is 0 Å². The van der Waals surface area contributed by atoms with Gasteiger partial charge in [0.15, 0.2) is 0 Å². The fourth-order valence-electron chi connectivity index (χ4n) is 3.81. The number of rotatable bonds is 12. The van der Waals surface area contributed by atoms with Gasteiger partial charge in [-0.05, 0) is 36.2 Å². The summed E-state index contributed by atoms with van der Waals surface area (Å²) in [6.07, 6.45) is 6.18. The largest absolute Gasteiger partial charge is 0.477 e. The number of hydrogen-bond donors (Lipinski definition) is 1. The van der Waals surface area contributed by atoms with Crippen molar-refractivity contribution in [1.82, 2.24) is 19.3 Å². The number of carboxylic acid groups (broad SMARTS) is 1. The Kier molecular flexibility index (Phi) is 7.82. The molecule has 0 saturated heterocycles. The smallest absolute Gasteiger partial charge is 0.352 e. The first-order chi connectivity index (χ1) is 15.5. The van der Waals surface area contributed by atoms with Gasteiger partial charge in [-0.1, -0.05) is 38.8 Å². The van der Waals surface area contributed by atoms with Crippen LogP contribution in [0.25, 0.3) is 5.69 Å². The predicted octanol–water partition coefficient (Wildman–Crippen LogP) is 4.40. The van der Waals surface area contributed by atoms with E-state index in [0.29, 0.717) is 18.8 Å². The van der Waals surface area contributed by atoms with Crippen molar-refractivity contribution in [3.8, 4) is 5.69 Å². The van der Waals surface area contributed by atoms with Crippen molar-refractivity contribution in [2.24, 2.45) is 0 Å². The van der Waals surface area contributed by atoms with Gasteiger partial charge in [-0.15, -0.1) is 5.10 Å². The van der Waals surface area contributed by atoms with E-state index in [0.717, 1.165) is 42.8 Å². The minimum atomic E-state index is -0.957. The van der Waals surface area contributed by atoms with E-state index < -0.39 is 11.8 Å². The molecule has 172 valence electrons. The molecule has 0 amide bonds. The number of hydrogen-bond acceptors (Lipinski definition) is 5. The standard InChI is InChI=1S/C24H32N4O4/c1-5-7-10-21-25-23(24(31-3,32-4)15-6-2)26-28(21)17-18-11-13-19(14-12-18)27-16-8-9-20(27)22(29)30/h8-9,11-14,16H,5-7,10,15,17H2,1-4H3,(H,29,30). The van der Waals surface area contributed by atoms with Crippen LogP contribution in [0.2, 0.25) is 0 Å². The van der Waals surface area contributed by atoms with Gasteiger partial charge < -0.3 is 19.1 Å². The highest BCUT2D eigenvalue weighted by molar-refractivity contribution is 5.86. The van der Waals surface area contributed by atoms with E-state index in [9.17, 15) is 9.90 Å². The zero-order chi connectivity index (χ0) is 23.1. The summed E-state index contributed by atoms with van der Waals surface area (Å²) < 4.78 is 15.0. The molecule has 1 aromatic carbocycles. The molecule has 0 saturated carbocycles. The first-order valence-corrected chi connectivity index (χ1v) is 11.0. The first kappa shape index (κ1) is 23.7. The molecular formula is C24H32N4O4. The van der Waals surface area contributed by atoms with Crippen LogP contribution in [-0.2, 0) is 28.2 Å². The Balaban J connectivity index is 1.89. The van der Waals surface area contributed by atoms with Crippen LogP contribution < -0.4 is 0 Å². The minimum Gasteiger partial charge on any atom is -0.477 e. The van der Waals surface area contributed by atoms with Gasteiger partial charge in [0.25, 0.3) is 0 Å². The number of aryl methyl sites for hydroxylation is 1. The van der Waals surface area contributed by atoms with Crippen molar-refractivity contribution in [2.45, 2.75) is 58.3 Å². The van der Waals surface area contributed by atoms with Crippen LogP contribution in [0, 0.1) is 0 Å². The molecule has 8 heteroatoms. The van der Waals surface area contributed by atoms with Crippen molar-refractivity contribution >= 4 is 5.97 Å². The molecule has 0 radical (unpaired) electrons. The second kappa shape index (κ2) is 10.6. The van der Waals surface area contributed by atoms with Crippen molar-refractivity contribution in [3.63, 3.8) is 0 Å². The number of unbranched alkanes of at least 4 members (excludes halogenated alkanes) is 1. The molecule has 0 aliphatic carbocycles. The maximum atomic E-state index is 11.4. The summed E-state index contributed by atoms with van der Waals surface area (Å²) in [4.78, 5) is 16.2. The Labute approximate surface area is 188 Å². The van der Waals surface area contributed by atoms with E-state index in [1.165, 1.54) is 0 Å². The minimum absolute atomic E-state index is 0.229. The Bertz CT molecular complexity index is 1020. The van der Waals surface area contributed by atoms with Gasteiger partial charge in [0.1, 0.15) is 11.5 Å². The third-order valence-electron chi connectivity index (χ3n) is 5.60. The molecule has 3 rings (SSSR count). The number of aromatic nitrogens is 4. The third-order valence-corrected chi connectivity index (χ3v) is 5.60. The lowest BCUT2D eigenvalue weighted by molar-refractivity contribution is -0.225. The topological polar surface area (TPSA) is 91.4 Å². The molecular weight excluding hydrogens is 408 g/mol. The summed E-state index contributed by atoms with van der Waals surface area (Å²) in [5.74, 6) is -0.460. The zero-order valence-corrected chi connectivity index (χ0v) is 19.2. The second-order valence-corrected chi connectivity index (χ2v) is 7.76. The lowest BCUT2D eigenvalue weighted by Crippen LogP contribution is -2.32. The van der Waals surface area contributed by atoms with Crippen LogP contribution in [0.5, 0.6) is 0 Å². The molecule has 2 heterocycles. The SMILES string of the molecule is CCCCc1nc(C(CCC)(OC)OC)nn1Cc1ccc(-n2cccc2C(=O)O)cc1. The van der Waals surface area contributed by atoms with Gasteiger partial charge in [0.05, 0.1) is 6.54 Å². The lowest BCUT2D eigenvalue weighted by atomic mass is 10.1. The highest BCUT2D eigenvalue weighted by atomic mass is 16.7. The van der Waals surface area contributed by atoms with E-state index in [4.69, 9.17) is 19.6 Å². The number of aromatic carboxylic acids is 1. The average Bonchev–Trinajstić information content (AvgIpc) is 3.44. The van der Waals surface area contributed by atoms with E-state index in [2.05, 4.69) is 13.8 Å². The van der Waals surface area contributed by atoms with Crippen LogP contribution in [0.4, 0.5) is 0 Å². The van der Waals surface area contributed by atoms with Gasteiger partial charge in [-0.2, -0.15) is 0 Å². The summed E-state index contributed by atoms with van der Waals surface area (Å²) in [5, 5.41) is 14.1. The van der Waals surface area contributed by atoms with Crippen molar-refractivity contribution in [3.05, 3.63) is 65.5 Å². The molecule has 2 aromatic heterocycles. The zero-order valence-electron chi connectivity index (χ0n) is 19.2. The van der Waals surface area contributed by atoms with Crippen molar-refractivity contribution in [2.75, 3.05) is 14.2 Å². The highest BCUT2D eigenvalue weighted by Gasteiger charge is 2.36. The molecule has 0 bridgehead atoms. The third kappa shape index (κ3) is 4.92. The van der Waals surface area contributed by atoms with Crippen molar-refractivity contribution < 1.29 is 19.4 Å². The first-order valence-electron chi connectivity index (χ1n) is 11.0. The molecule has 8 nitrogen and oxygen atoms in total. The lowest BCUT2D eigenvalue weighted by Gasteiger charge is -2.27. The van der Waals surface area contributed by atoms with E-state index in [1.54, 1.807) is 37.1 Å². The molecule has 0 unspecified atom stereocenters. The maximum Gasteiger partial charge on any atom is 0.352 e. The normalized spacial score (nSPS) is 11.8. The summed E-state index contributed by atoms with van der Waals surface area (Å²) in [5.41, 5.74) is 2.07. The van der Waals surface area contributed by atoms with Gasteiger partial charge >= 0.3 is 5.97 Å². The summed E-state index contributed by atoms with van der Waals surface area (Å²) in [6, 6.07) is 11.1. The second-order valence-electron chi connectivity index (χ2n) is 7.76. The van der Waals surface area contributed by atoms with E-state index in [-0.39, 0.29) is 5.69 Å². The van der Waals surface area contributed by atoms with Crippen LogP contribution in [0.15, 0.2) is 42.6 Å². The fraction of sp³-hybridized carbons (Fsp3) is 0.458. The van der Waals surface area contributed by atoms with Gasteiger partial charge in [-0.3, -0.25) is 0 Å². The Morgan fingerprint density at radius 2 is 1.81 bits per heavy atom. The molecule has 1 N–H and O–H groups in total. The average molecular weight is 441 g/mol. The predicted molar refractivity (Wildman–Crippen MR) is 121 cm³/mol. The quantitative estimate of drug-likeness (QED) is 0.420. The number of methoxy groups -OCH3 is 2. The van der Waals surface area contributed by atoms with Crippen LogP contribution in [0.1, 0.15) is 67.2 Å². The highest BCUT2D eigenvalue weighted by Crippen LogP contribution is 2.29. The number of ether oxygens (including phenoxy) is 2. The van der Waals surface area contributed by atoms with Crippen LogP contribution in [0.3, 0.4) is 0 Å². The number of benzene rings is 1. The van der Waals surface area contributed by atoms with Gasteiger partial charge in [-0.25, -0.2) is 14.5 Å². The number of carboxylic acids is 1. The Morgan fingerprint density at radius 1 is 1.09 bits per heavy atom. The molecule has 0 atom stereocenters. The Morgan fingerprint density at radius 3 is 2.41 bits per heavy atom. The fourth-order valence-corrected chi connectivity index (χ4v) is 3.81. The number of nitrogens with zero attached hydrogens (tertiary/aromatic N) is 4. The molecule has 0 aliphatic rings. The van der Waals surface area contributed by atoms with Crippen LogP contribution >= 0.6 is 0 Å². The summed E-state index contributed by atoms with van der Waals surface area (Å²) in [7, 11) is 3.24. The molecule has 0 fully saturated rings. The maximum absolute atomic E-state index is 11.4.